The molecule has 4 heteroatoms. The lowest BCUT2D eigenvalue weighted by molar-refractivity contribution is -0.139. The second kappa shape index (κ2) is 6.91. The number of hydrogen-bond acceptors (Lipinski definition) is 3. The molecule has 0 bridgehead atoms. The maximum atomic E-state index is 12.7. The predicted molar refractivity (Wildman–Crippen MR) is 91.7 cm³/mol. The zero-order valence-electron chi connectivity index (χ0n) is 14.3. The minimum atomic E-state index is 0.0638. The van der Waals surface area contributed by atoms with Crippen molar-refractivity contribution < 1.29 is 9.53 Å². The molecule has 1 amide bonds. The number of amides is 1. The van der Waals surface area contributed by atoms with Crippen molar-refractivity contribution in [1.29, 1.82) is 0 Å². The van der Waals surface area contributed by atoms with Crippen LogP contribution in [0.3, 0.4) is 0 Å². The van der Waals surface area contributed by atoms with Gasteiger partial charge in [-0.05, 0) is 58.2 Å². The summed E-state index contributed by atoms with van der Waals surface area (Å²) in [6, 6.07) is 8.17. The number of carbonyl (C=O) groups excluding carboxylic acids is 1. The van der Waals surface area contributed by atoms with Gasteiger partial charge in [0.25, 0.3) is 5.91 Å². The van der Waals surface area contributed by atoms with Crippen molar-refractivity contribution in [1.82, 2.24) is 10.2 Å². The molecule has 0 unspecified atom stereocenters. The summed E-state index contributed by atoms with van der Waals surface area (Å²) in [5.41, 5.74) is 1.26. The largest absolute Gasteiger partial charge is 0.484 e. The predicted octanol–water partition coefficient (Wildman–Crippen LogP) is 2.90. The van der Waals surface area contributed by atoms with Gasteiger partial charge in [0.2, 0.25) is 0 Å². The topological polar surface area (TPSA) is 41.6 Å². The van der Waals surface area contributed by atoms with E-state index in [1.165, 1.54) is 18.4 Å². The molecule has 3 rings (SSSR count). The van der Waals surface area contributed by atoms with Crippen molar-refractivity contribution in [2.75, 3.05) is 19.7 Å². The zero-order valence-corrected chi connectivity index (χ0v) is 14.3. The van der Waals surface area contributed by atoms with Crippen LogP contribution in [0, 0.1) is 6.92 Å². The van der Waals surface area contributed by atoms with Crippen LogP contribution in [0.25, 0.3) is 0 Å². The van der Waals surface area contributed by atoms with E-state index in [1.807, 2.05) is 31.2 Å². The quantitative estimate of drug-likeness (QED) is 0.932. The molecule has 2 aliphatic heterocycles. The molecule has 2 atom stereocenters. The van der Waals surface area contributed by atoms with Gasteiger partial charge in [-0.25, -0.2) is 0 Å². The Hall–Kier alpha value is -1.55. The highest BCUT2D eigenvalue weighted by Crippen LogP contribution is 2.32. The first-order chi connectivity index (χ1) is 11.1. The summed E-state index contributed by atoms with van der Waals surface area (Å²) in [6.07, 6.45) is 5.71. The lowest BCUT2D eigenvalue weighted by Crippen LogP contribution is -2.63. The number of carbonyl (C=O) groups is 1. The van der Waals surface area contributed by atoms with Crippen molar-refractivity contribution in [2.45, 2.75) is 57.5 Å². The summed E-state index contributed by atoms with van der Waals surface area (Å²) in [5, 5.41) is 3.69. The van der Waals surface area contributed by atoms with Crippen molar-refractivity contribution in [3.63, 3.8) is 0 Å². The van der Waals surface area contributed by atoms with Crippen LogP contribution >= 0.6 is 0 Å². The molecule has 2 saturated heterocycles. The molecule has 23 heavy (non-hydrogen) atoms. The van der Waals surface area contributed by atoms with Crippen LogP contribution in [0.4, 0.5) is 0 Å². The van der Waals surface area contributed by atoms with E-state index < -0.39 is 0 Å². The number of benzene rings is 1. The number of fused-ring (bicyclic) bond motifs is 1. The van der Waals surface area contributed by atoms with E-state index in [1.54, 1.807) is 0 Å². The maximum Gasteiger partial charge on any atom is 0.260 e. The zero-order chi connectivity index (χ0) is 16.3. The monoisotopic (exact) mass is 316 g/mol. The Morgan fingerprint density at radius 2 is 2.09 bits per heavy atom. The molecule has 1 N–H and O–H groups in total. The summed E-state index contributed by atoms with van der Waals surface area (Å²) < 4.78 is 5.71. The number of nitrogens with zero attached hydrogens (tertiary/aromatic N) is 1. The number of rotatable bonds is 3. The third kappa shape index (κ3) is 3.69. The van der Waals surface area contributed by atoms with Crippen LogP contribution in [0.15, 0.2) is 24.3 Å². The fourth-order valence-electron chi connectivity index (χ4n) is 3.96. The second-order valence-electron chi connectivity index (χ2n) is 7.15. The van der Waals surface area contributed by atoms with Gasteiger partial charge in [-0.3, -0.25) is 4.79 Å². The molecule has 0 saturated carbocycles. The highest BCUT2D eigenvalue weighted by molar-refractivity contribution is 5.78. The van der Waals surface area contributed by atoms with E-state index in [-0.39, 0.29) is 18.1 Å². The Bertz CT molecular complexity index is 543. The lowest BCUT2D eigenvalue weighted by atomic mass is 9.81. The van der Waals surface area contributed by atoms with Gasteiger partial charge in [0, 0.05) is 18.1 Å². The van der Waals surface area contributed by atoms with Gasteiger partial charge in [0.15, 0.2) is 6.61 Å². The first-order valence-corrected chi connectivity index (χ1v) is 8.82. The fourth-order valence-corrected chi connectivity index (χ4v) is 3.96. The van der Waals surface area contributed by atoms with Crippen molar-refractivity contribution in [2.24, 2.45) is 0 Å². The summed E-state index contributed by atoms with van der Waals surface area (Å²) >= 11 is 0. The van der Waals surface area contributed by atoms with Crippen LogP contribution in [-0.2, 0) is 4.79 Å². The average Bonchev–Trinajstić information content (AvgIpc) is 2.75. The van der Waals surface area contributed by atoms with E-state index in [9.17, 15) is 4.79 Å². The molecule has 0 spiro atoms. The van der Waals surface area contributed by atoms with Crippen LogP contribution < -0.4 is 10.1 Å². The molecule has 1 aromatic rings. The first kappa shape index (κ1) is 16.3. The molecule has 0 radical (unpaired) electrons. The van der Waals surface area contributed by atoms with Crippen LogP contribution in [0.1, 0.15) is 44.6 Å². The van der Waals surface area contributed by atoms with E-state index in [2.05, 4.69) is 17.1 Å². The SMILES string of the molecule is Cc1ccc(OCC(=O)N2CCC[C@]3(C)NCCCC[C@H]23)cc1. The Morgan fingerprint density at radius 1 is 1.30 bits per heavy atom. The molecule has 2 heterocycles. The normalized spacial score (nSPS) is 27.9. The number of aryl methyl sites for hydroxylation is 1. The molecule has 4 nitrogen and oxygen atoms in total. The van der Waals surface area contributed by atoms with Crippen molar-refractivity contribution in [3.8, 4) is 5.75 Å². The third-order valence-corrected chi connectivity index (χ3v) is 5.34. The van der Waals surface area contributed by atoms with E-state index in [4.69, 9.17) is 4.74 Å². The number of hydrogen-bond donors (Lipinski definition) is 1. The highest BCUT2D eigenvalue weighted by atomic mass is 16.5. The lowest BCUT2D eigenvalue weighted by Gasteiger charge is -2.48. The molecule has 126 valence electrons. The first-order valence-electron chi connectivity index (χ1n) is 8.82. The van der Waals surface area contributed by atoms with Gasteiger partial charge in [0.1, 0.15) is 5.75 Å². The molecule has 2 fully saturated rings. The van der Waals surface area contributed by atoms with Gasteiger partial charge in [-0.2, -0.15) is 0 Å². The molecule has 0 aromatic heterocycles. The smallest absolute Gasteiger partial charge is 0.260 e. The van der Waals surface area contributed by atoms with Crippen molar-refractivity contribution >= 4 is 5.91 Å². The van der Waals surface area contributed by atoms with E-state index >= 15 is 0 Å². The van der Waals surface area contributed by atoms with Crippen molar-refractivity contribution in [3.05, 3.63) is 29.8 Å². The van der Waals surface area contributed by atoms with E-state index in [0.29, 0.717) is 6.04 Å². The van der Waals surface area contributed by atoms with Gasteiger partial charge in [0.05, 0.1) is 0 Å². The average molecular weight is 316 g/mol. The number of piperidine rings is 1. The summed E-state index contributed by atoms with van der Waals surface area (Å²) in [7, 11) is 0. The fraction of sp³-hybridized carbons (Fsp3) is 0.632. The molecular weight excluding hydrogens is 288 g/mol. The highest BCUT2D eigenvalue weighted by Gasteiger charge is 2.43. The number of likely N-dealkylation sites (tertiary alicyclic amines) is 1. The Balaban J connectivity index is 1.64. The minimum Gasteiger partial charge on any atom is -0.484 e. The summed E-state index contributed by atoms with van der Waals surface area (Å²) in [4.78, 5) is 14.8. The second-order valence-corrected chi connectivity index (χ2v) is 7.15. The summed E-state index contributed by atoms with van der Waals surface area (Å²) in [6.45, 7) is 6.38. The van der Waals surface area contributed by atoms with Gasteiger partial charge < -0.3 is 15.0 Å². The molecular formula is C19H28N2O2. The minimum absolute atomic E-state index is 0.0638. The summed E-state index contributed by atoms with van der Waals surface area (Å²) in [5.74, 6) is 0.882. The van der Waals surface area contributed by atoms with Crippen LogP contribution in [-0.4, -0.2) is 42.1 Å². The van der Waals surface area contributed by atoms with Gasteiger partial charge in [-0.15, -0.1) is 0 Å². The van der Waals surface area contributed by atoms with Gasteiger partial charge in [-0.1, -0.05) is 24.1 Å². The number of nitrogens with one attached hydrogen (secondary N) is 1. The Kier molecular flexibility index (Phi) is 4.90. The maximum absolute atomic E-state index is 12.7. The number of ether oxygens (including phenoxy) is 1. The molecule has 0 aliphatic carbocycles. The molecule has 1 aromatic carbocycles. The van der Waals surface area contributed by atoms with E-state index in [0.717, 1.165) is 38.1 Å². The van der Waals surface area contributed by atoms with Crippen LogP contribution in [0.5, 0.6) is 5.75 Å². The standard InChI is InChI=1S/C19H28N2O2/c1-15-7-9-16(10-8-15)23-14-18(22)21-13-5-11-19(2)17(21)6-3-4-12-20-19/h7-10,17,20H,3-6,11-14H2,1-2H3/t17-,19-/m0/s1. The van der Waals surface area contributed by atoms with Gasteiger partial charge >= 0.3 is 0 Å². The molecule has 2 aliphatic rings. The van der Waals surface area contributed by atoms with Crippen LogP contribution in [0.2, 0.25) is 0 Å². The third-order valence-electron chi connectivity index (χ3n) is 5.34. The Morgan fingerprint density at radius 3 is 2.87 bits per heavy atom. The Labute approximate surface area is 139 Å².